The zero-order valence-corrected chi connectivity index (χ0v) is 6.07. The summed E-state index contributed by atoms with van der Waals surface area (Å²) in [6.45, 7) is 1.68. The standard InChI is InChI=1S/C7H6BNO2/c1-5-2-3-6(8)4-7(5)9(10)11/h2-4H,1H3. The normalized spacial score (nSPS) is 9.55. The lowest BCUT2D eigenvalue weighted by atomic mass is 9.94. The summed E-state index contributed by atoms with van der Waals surface area (Å²) in [7, 11) is 5.36. The number of nitro groups is 1. The first-order valence-corrected chi connectivity index (χ1v) is 3.12. The lowest BCUT2D eigenvalue weighted by Gasteiger charge is -1.96. The molecule has 0 aliphatic rings. The summed E-state index contributed by atoms with van der Waals surface area (Å²) < 4.78 is 0. The molecule has 0 fully saturated rings. The van der Waals surface area contributed by atoms with Crippen LogP contribution in [0.2, 0.25) is 0 Å². The van der Waals surface area contributed by atoms with Crippen molar-refractivity contribution in [2.45, 2.75) is 6.92 Å². The van der Waals surface area contributed by atoms with E-state index in [1.807, 2.05) is 0 Å². The van der Waals surface area contributed by atoms with E-state index in [1.54, 1.807) is 19.1 Å². The molecule has 0 saturated heterocycles. The van der Waals surface area contributed by atoms with E-state index in [1.165, 1.54) is 6.07 Å². The first-order valence-electron chi connectivity index (χ1n) is 3.12. The van der Waals surface area contributed by atoms with E-state index in [0.717, 1.165) is 0 Å². The van der Waals surface area contributed by atoms with Crippen LogP contribution in [0.3, 0.4) is 0 Å². The third-order valence-electron chi connectivity index (χ3n) is 1.43. The summed E-state index contributed by atoms with van der Waals surface area (Å²) in [5.41, 5.74) is 1.12. The van der Waals surface area contributed by atoms with E-state index >= 15 is 0 Å². The Morgan fingerprint density at radius 3 is 2.64 bits per heavy atom. The Balaban J connectivity index is 3.23. The summed E-state index contributed by atoms with van der Waals surface area (Å²) >= 11 is 0. The van der Waals surface area contributed by atoms with E-state index in [2.05, 4.69) is 0 Å². The third-order valence-corrected chi connectivity index (χ3v) is 1.43. The van der Waals surface area contributed by atoms with Gasteiger partial charge in [0.25, 0.3) is 5.69 Å². The number of benzene rings is 1. The Morgan fingerprint density at radius 1 is 1.55 bits per heavy atom. The highest BCUT2D eigenvalue weighted by Gasteiger charge is 2.08. The van der Waals surface area contributed by atoms with Gasteiger partial charge in [0.15, 0.2) is 0 Å². The monoisotopic (exact) mass is 147 g/mol. The molecule has 0 N–H and O–H groups in total. The zero-order chi connectivity index (χ0) is 8.43. The van der Waals surface area contributed by atoms with Crippen LogP contribution in [0.1, 0.15) is 5.56 Å². The zero-order valence-electron chi connectivity index (χ0n) is 6.07. The predicted molar refractivity (Wildman–Crippen MR) is 43.2 cm³/mol. The summed E-state index contributed by atoms with van der Waals surface area (Å²) in [6, 6.07) is 4.63. The van der Waals surface area contributed by atoms with Crippen molar-refractivity contribution in [3.63, 3.8) is 0 Å². The van der Waals surface area contributed by atoms with Gasteiger partial charge in [0, 0.05) is 11.6 Å². The average molecular weight is 147 g/mol. The van der Waals surface area contributed by atoms with Crippen LogP contribution in [0.4, 0.5) is 5.69 Å². The largest absolute Gasteiger partial charge is 0.271 e. The molecule has 3 nitrogen and oxygen atoms in total. The van der Waals surface area contributed by atoms with Gasteiger partial charge in [0.2, 0.25) is 0 Å². The third kappa shape index (κ3) is 1.58. The highest BCUT2D eigenvalue weighted by molar-refractivity contribution is 6.32. The van der Waals surface area contributed by atoms with Crippen molar-refractivity contribution >= 4 is 19.0 Å². The molecule has 11 heavy (non-hydrogen) atoms. The number of nitro benzene ring substituents is 1. The van der Waals surface area contributed by atoms with Crippen molar-refractivity contribution in [2.24, 2.45) is 0 Å². The van der Waals surface area contributed by atoms with Crippen LogP contribution in [0.5, 0.6) is 0 Å². The van der Waals surface area contributed by atoms with Crippen molar-refractivity contribution in [3.05, 3.63) is 33.9 Å². The molecule has 0 unspecified atom stereocenters. The molecule has 0 saturated carbocycles. The lowest BCUT2D eigenvalue weighted by molar-refractivity contribution is -0.385. The molecule has 1 rings (SSSR count). The van der Waals surface area contributed by atoms with Gasteiger partial charge in [-0.25, -0.2) is 0 Å². The molecule has 0 heterocycles. The molecule has 0 spiro atoms. The fraction of sp³-hybridized carbons (Fsp3) is 0.143. The Hall–Kier alpha value is -1.32. The molecule has 1 aromatic carbocycles. The van der Waals surface area contributed by atoms with Gasteiger partial charge in [-0.2, -0.15) is 0 Å². The smallest absolute Gasteiger partial charge is 0.258 e. The Kier molecular flexibility index (Phi) is 1.94. The molecular formula is C7H6BNO2. The van der Waals surface area contributed by atoms with Gasteiger partial charge in [0.05, 0.1) is 4.92 Å². The second-order valence-corrected chi connectivity index (χ2v) is 2.30. The average Bonchev–Trinajstić information content (AvgIpc) is 1.94. The fourth-order valence-electron chi connectivity index (χ4n) is 0.823. The van der Waals surface area contributed by atoms with Crippen molar-refractivity contribution in [1.29, 1.82) is 0 Å². The molecule has 0 aromatic heterocycles. The maximum Gasteiger partial charge on any atom is 0.271 e. The van der Waals surface area contributed by atoms with Crippen LogP contribution in [0.25, 0.3) is 0 Å². The maximum atomic E-state index is 10.3. The van der Waals surface area contributed by atoms with Crippen LogP contribution in [0, 0.1) is 17.0 Å². The highest BCUT2D eigenvalue weighted by Crippen LogP contribution is 2.13. The molecule has 4 heteroatoms. The molecular weight excluding hydrogens is 141 g/mol. The van der Waals surface area contributed by atoms with Gasteiger partial charge in [-0.3, -0.25) is 10.1 Å². The second-order valence-electron chi connectivity index (χ2n) is 2.30. The highest BCUT2D eigenvalue weighted by atomic mass is 16.6. The predicted octanol–water partition coefficient (Wildman–Crippen LogP) is 0.697. The first kappa shape index (κ1) is 7.79. The SMILES string of the molecule is [B]c1ccc(C)c([N+](=O)[O-])c1. The minimum atomic E-state index is -0.439. The van der Waals surface area contributed by atoms with Crippen molar-refractivity contribution in [2.75, 3.05) is 0 Å². The summed E-state index contributed by atoms with van der Waals surface area (Å²) in [5, 5.41) is 10.3. The maximum absolute atomic E-state index is 10.3. The van der Waals surface area contributed by atoms with E-state index in [0.29, 0.717) is 11.0 Å². The minimum Gasteiger partial charge on any atom is -0.258 e. The lowest BCUT2D eigenvalue weighted by Crippen LogP contribution is -2.04. The molecule has 0 bridgehead atoms. The second kappa shape index (κ2) is 2.74. The van der Waals surface area contributed by atoms with Crippen LogP contribution in [-0.4, -0.2) is 12.8 Å². The van der Waals surface area contributed by atoms with Gasteiger partial charge in [0.1, 0.15) is 7.85 Å². The molecule has 2 radical (unpaired) electrons. The van der Waals surface area contributed by atoms with Gasteiger partial charge < -0.3 is 0 Å². The topological polar surface area (TPSA) is 43.1 Å². The van der Waals surface area contributed by atoms with Crippen LogP contribution < -0.4 is 5.46 Å². The Morgan fingerprint density at radius 2 is 2.18 bits per heavy atom. The molecule has 0 aliphatic heterocycles. The van der Waals surface area contributed by atoms with Crippen molar-refractivity contribution < 1.29 is 4.92 Å². The van der Waals surface area contributed by atoms with Gasteiger partial charge >= 0.3 is 0 Å². The van der Waals surface area contributed by atoms with Gasteiger partial charge in [-0.05, 0) is 6.92 Å². The molecule has 0 aliphatic carbocycles. The molecule has 0 atom stereocenters. The minimum absolute atomic E-state index is 0.0741. The number of hydrogen-bond donors (Lipinski definition) is 0. The van der Waals surface area contributed by atoms with Crippen molar-refractivity contribution in [1.82, 2.24) is 0 Å². The summed E-state index contributed by atoms with van der Waals surface area (Å²) in [6.07, 6.45) is 0. The van der Waals surface area contributed by atoms with Gasteiger partial charge in [-0.1, -0.05) is 17.6 Å². The number of aryl methyl sites for hydroxylation is 1. The summed E-state index contributed by atoms with van der Waals surface area (Å²) in [5.74, 6) is 0. The van der Waals surface area contributed by atoms with E-state index in [4.69, 9.17) is 7.85 Å². The molecule has 1 aromatic rings. The van der Waals surface area contributed by atoms with E-state index in [9.17, 15) is 10.1 Å². The fourth-order valence-corrected chi connectivity index (χ4v) is 0.823. The van der Waals surface area contributed by atoms with Crippen LogP contribution in [-0.2, 0) is 0 Å². The summed E-state index contributed by atoms with van der Waals surface area (Å²) in [4.78, 5) is 9.89. The van der Waals surface area contributed by atoms with Crippen molar-refractivity contribution in [3.8, 4) is 0 Å². The van der Waals surface area contributed by atoms with E-state index in [-0.39, 0.29) is 5.69 Å². The quantitative estimate of drug-likeness (QED) is 0.333. The number of nitrogens with zero attached hydrogens (tertiary/aromatic N) is 1. The molecule has 0 amide bonds. The van der Waals surface area contributed by atoms with E-state index < -0.39 is 4.92 Å². The Labute approximate surface area is 65.6 Å². The van der Waals surface area contributed by atoms with Crippen LogP contribution in [0.15, 0.2) is 18.2 Å². The first-order chi connectivity index (χ1) is 5.11. The van der Waals surface area contributed by atoms with Crippen LogP contribution >= 0.6 is 0 Å². The van der Waals surface area contributed by atoms with Gasteiger partial charge in [-0.15, -0.1) is 0 Å². The number of rotatable bonds is 1. The number of hydrogen-bond acceptors (Lipinski definition) is 2. The Bertz CT molecular complexity index is 298. The molecule has 54 valence electrons.